The van der Waals surface area contributed by atoms with Gasteiger partial charge in [0.05, 0.1) is 0 Å². The smallest absolute Gasteiger partial charge is 0.0168 e. The van der Waals surface area contributed by atoms with Gasteiger partial charge in [0.25, 0.3) is 0 Å². The Morgan fingerprint density at radius 3 is 2.28 bits per heavy atom. The first-order chi connectivity index (χ1) is 8.45. The molecule has 1 aliphatic carbocycles. The number of likely N-dealkylation sites (tertiary alicyclic amines) is 1. The molecule has 2 fully saturated rings. The van der Waals surface area contributed by atoms with Crippen molar-refractivity contribution in [2.75, 3.05) is 19.6 Å². The van der Waals surface area contributed by atoms with E-state index in [0.29, 0.717) is 11.5 Å². The zero-order chi connectivity index (χ0) is 13.2. The van der Waals surface area contributed by atoms with Crippen LogP contribution in [0.3, 0.4) is 0 Å². The third-order valence-corrected chi connectivity index (χ3v) is 5.13. The molecule has 0 bridgehead atoms. The molecule has 1 aliphatic heterocycles. The number of rotatable bonds is 2. The van der Waals surface area contributed by atoms with Crippen LogP contribution in [0.2, 0.25) is 0 Å². The molecule has 1 atom stereocenters. The monoisotopic (exact) mass is 252 g/mol. The minimum atomic E-state index is 0.435. The number of nitrogens with zero attached hydrogens (tertiary/aromatic N) is 1. The van der Waals surface area contributed by atoms with Gasteiger partial charge in [0, 0.05) is 19.1 Å². The van der Waals surface area contributed by atoms with Crippen LogP contribution in [0, 0.1) is 17.3 Å². The third-order valence-electron chi connectivity index (χ3n) is 5.13. The van der Waals surface area contributed by atoms with E-state index in [1.165, 1.54) is 51.6 Å². The minimum Gasteiger partial charge on any atom is -0.327 e. The van der Waals surface area contributed by atoms with Gasteiger partial charge in [0.15, 0.2) is 0 Å². The number of hydrogen-bond donors (Lipinski definition) is 1. The normalized spacial score (nSPS) is 35.7. The van der Waals surface area contributed by atoms with Gasteiger partial charge >= 0.3 is 0 Å². The van der Waals surface area contributed by atoms with Crippen molar-refractivity contribution in [2.24, 2.45) is 23.0 Å². The lowest BCUT2D eigenvalue weighted by Gasteiger charge is -2.39. The highest BCUT2D eigenvalue weighted by atomic mass is 15.1. The highest BCUT2D eigenvalue weighted by Crippen LogP contribution is 2.40. The fourth-order valence-corrected chi connectivity index (χ4v) is 3.83. The largest absolute Gasteiger partial charge is 0.327 e. The summed E-state index contributed by atoms with van der Waals surface area (Å²) in [5, 5.41) is 0. The Balaban J connectivity index is 1.73. The molecule has 0 spiro atoms. The van der Waals surface area contributed by atoms with Gasteiger partial charge in [-0.05, 0) is 62.3 Å². The van der Waals surface area contributed by atoms with E-state index in [4.69, 9.17) is 5.73 Å². The Hall–Kier alpha value is -0.0800. The van der Waals surface area contributed by atoms with Gasteiger partial charge in [-0.2, -0.15) is 0 Å². The van der Waals surface area contributed by atoms with E-state index >= 15 is 0 Å². The number of hydrogen-bond acceptors (Lipinski definition) is 2. The summed E-state index contributed by atoms with van der Waals surface area (Å²) in [6.45, 7) is 10.9. The zero-order valence-corrected chi connectivity index (χ0v) is 12.6. The van der Waals surface area contributed by atoms with E-state index in [0.717, 1.165) is 18.4 Å². The van der Waals surface area contributed by atoms with Gasteiger partial charge in [0.2, 0.25) is 0 Å². The molecule has 18 heavy (non-hydrogen) atoms. The van der Waals surface area contributed by atoms with E-state index in [9.17, 15) is 0 Å². The zero-order valence-electron chi connectivity index (χ0n) is 12.6. The van der Waals surface area contributed by atoms with Crippen LogP contribution in [0.1, 0.15) is 59.3 Å². The Labute approximate surface area is 113 Å². The predicted octanol–water partition coefficient (Wildman–Crippen LogP) is 3.26. The Morgan fingerprint density at radius 1 is 1.06 bits per heavy atom. The summed E-state index contributed by atoms with van der Waals surface area (Å²) in [5.74, 6) is 1.88. The number of piperidine rings is 1. The van der Waals surface area contributed by atoms with Gasteiger partial charge in [0.1, 0.15) is 0 Å². The molecule has 0 amide bonds. The van der Waals surface area contributed by atoms with E-state index in [1.807, 2.05) is 0 Å². The summed E-state index contributed by atoms with van der Waals surface area (Å²) >= 11 is 0. The molecule has 2 nitrogen and oxygen atoms in total. The molecule has 2 rings (SSSR count). The molecule has 0 radical (unpaired) electrons. The second-order valence-electron chi connectivity index (χ2n) is 7.75. The molecule has 1 saturated carbocycles. The molecule has 0 aromatic heterocycles. The molecule has 0 aromatic rings. The molecule has 1 saturated heterocycles. The first-order valence-electron chi connectivity index (χ1n) is 7.93. The topological polar surface area (TPSA) is 29.3 Å². The summed E-state index contributed by atoms with van der Waals surface area (Å²) in [5.41, 5.74) is 6.58. The van der Waals surface area contributed by atoms with Crippen molar-refractivity contribution in [3.63, 3.8) is 0 Å². The van der Waals surface area contributed by atoms with Crippen molar-refractivity contribution in [3.05, 3.63) is 0 Å². The fraction of sp³-hybridized carbons (Fsp3) is 1.00. The van der Waals surface area contributed by atoms with Crippen molar-refractivity contribution >= 4 is 0 Å². The fourth-order valence-electron chi connectivity index (χ4n) is 3.83. The van der Waals surface area contributed by atoms with Crippen molar-refractivity contribution in [1.82, 2.24) is 4.90 Å². The molecular formula is C16H32N2. The van der Waals surface area contributed by atoms with Crippen LogP contribution in [-0.4, -0.2) is 30.6 Å². The lowest BCUT2D eigenvalue weighted by atomic mass is 9.70. The quantitative estimate of drug-likeness (QED) is 0.817. The van der Waals surface area contributed by atoms with Gasteiger partial charge in [-0.15, -0.1) is 0 Å². The second kappa shape index (κ2) is 5.92. The summed E-state index contributed by atoms with van der Waals surface area (Å²) in [6, 6.07) is 0.435. The maximum atomic E-state index is 6.07. The Morgan fingerprint density at radius 2 is 1.72 bits per heavy atom. The van der Waals surface area contributed by atoms with E-state index < -0.39 is 0 Å². The van der Waals surface area contributed by atoms with E-state index in [2.05, 4.69) is 25.7 Å². The maximum absolute atomic E-state index is 6.07. The van der Waals surface area contributed by atoms with Crippen LogP contribution in [-0.2, 0) is 0 Å². The lowest BCUT2D eigenvalue weighted by Crippen LogP contribution is -2.45. The minimum absolute atomic E-state index is 0.435. The van der Waals surface area contributed by atoms with Crippen molar-refractivity contribution < 1.29 is 0 Å². The molecule has 2 heteroatoms. The lowest BCUT2D eigenvalue weighted by molar-refractivity contribution is 0.112. The van der Waals surface area contributed by atoms with Crippen LogP contribution in [0.5, 0.6) is 0 Å². The van der Waals surface area contributed by atoms with Gasteiger partial charge in [-0.25, -0.2) is 0 Å². The van der Waals surface area contributed by atoms with Crippen LogP contribution in [0.4, 0.5) is 0 Å². The van der Waals surface area contributed by atoms with Crippen LogP contribution in [0.25, 0.3) is 0 Å². The molecule has 1 heterocycles. The van der Waals surface area contributed by atoms with E-state index in [-0.39, 0.29) is 0 Å². The summed E-state index contributed by atoms with van der Waals surface area (Å²) in [7, 11) is 0. The van der Waals surface area contributed by atoms with Crippen LogP contribution in [0.15, 0.2) is 0 Å². The average molecular weight is 252 g/mol. The van der Waals surface area contributed by atoms with Crippen LogP contribution < -0.4 is 5.73 Å². The maximum Gasteiger partial charge on any atom is 0.0168 e. The van der Waals surface area contributed by atoms with Crippen molar-refractivity contribution in [2.45, 2.75) is 65.3 Å². The molecule has 0 aromatic carbocycles. The molecule has 106 valence electrons. The highest BCUT2D eigenvalue weighted by Gasteiger charge is 2.30. The van der Waals surface area contributed by atoms with Crippen LogP contribution >= 0.6 is 0 Å². The predicted molar refractivity (Wildman–Crippen MR) is 78.6 cm³/mol. The Kier molecular flexibility index (Phi) is 4.71. The van der Waals surface area contributed by atoms with Crippen molar-refractivity contribution in [1.29, 1.82) is 0 Å². The summed E-state index contributed by atoms with van der Waals surface area (Å²) in [6.07, 6.45) is 8.29. The summed E-state index contributed by atoms with van der Waals surface area (Å²) < 4.78 is 0. The summed E-state index contributed by atoms with van der Waals surface area (Å²) in [4.78, 5) is 2.62. The first-order valence-corrected chi connectivity index (χ1v) is 7.93. The third kappa shape index (κ3) is 3.96. The SMILES string of the molecule is CC(C)(C)C1CCC(CN2CCCC(N)C2)CC1. The van der Waals surface area contributed by atoms with Crippen molar-refractivity contribution in [3.8, 4) is 0 Å². The van der Waals surface area contributed by atoms with Gasteiger partial charge in [-0.1, -0.05) is 20.8 Å². The molecule has 2 N–H and O–H groups in total. The van der Waals surface area contributed by atoms with E-state index in [1.54, 1.807) is 0 Å². The first kappa shape index (κ1) is 14.3. The average Bonchev–Trinajstić information content (AvgIpc) is 2.28. The Bertz CT molecular complexity index is 248. The highest BCUT2D eigenvalue weighted by molar-refractivity contribution is 4.83. The number of nitrogens with two attached hydrogens (primary N) is 1. The molecule has 1 unspecified atom stereocenters. The van der Waals surface area contributed by atoms with Gasteiger partial charge < -0.3 is 10.6 Å². The van der Waals surface area contributed by atoms with Gasteiger partial charge in [-0.3, -0.25) is 0 Å². The second-order valence-corrected chi connectivity index (χ2v) is 7.75. The standard InChI is InChI=1S/C16H32N2/c1-16(2,3)14-8-6-13(7-9-14)11-18-10-4-5-15(17)12-18/h13-15H,4-12,17H2,1-3H3. The molecule has 2 aliphatic rings. The molecular weight excluding hydrogens is 220 g/mol.